The minimum atomic E-state index is -0.555. The van der Waals surface area contributed by atoms with E-state index in [0.29, 0.717) is 20.6 Å². The number of nitrogens with zero attached hydrogens (tertiary/aromatic N) is 2. The molecule has 27 heavy (non-hydrogen) atoms. The van der Waals surface area contributed by atoms with E-state index < -0.39 is 12.0 Å². The van der Waals surface area contributed by atoms with E-state index in [-0.39, 0.29) is 5.56 Å². The summed E-state index contributed by atoms with van der Waals surface area (Å²) in [6.07, 6.45) is 1.87. The van der Waals surface area contributed by atoms with Crippen molar-refractivity contribution in [3.05, 3.63) is 89.2 Å². The minimum absolute atomic E-state index is 0.157. The van der Waals surface area contributed by atoms with Crippen LogP contribution in [0.5, 0.6) is 0 Å². The Morgan fingerprint density at radius 3 is 2.67 bits per heavy atom. The highest BCUT2D eigenvalue weighted by atomic mass is 32.1. The van der Waals surface area contributed by atoms with Crippen molar-refractivity contribution in [1.82, 2.24) is 4.57 Å². The van der Waals surface area contributed by atoms with Crippen molar-refractivity contribution in [2.24, 2.45) is 4.99 Å². The zero-order valence-electron chi connectivity index (χ0n) is 14.7. The second kappa shape index (κ2) is 7.09. The molecule has 1 atom stereocenters. The van der Waals surface area contributed by atoms with Crippen molar-refractivity contribution in [2.45, 2.75) is 13.0 Å². The van der Waals surface area contributed by atoms with E-state index in [1.807, 2.05) is 53.9 Å². The zero-order chi connectivity index (χ0) is 19.0. The fraction of sp³-hybridized carbons (Fsp3) is 0.150. The number of aromatic nitrogens is 1. The van der Waals surface area contributed by atoms with Gasteiger partial charge in [-0.15, -0.1) is 11.3 Å². The SMILES string of the molecule is COC(=O)C1=C(C)N=c2s/c(=C\c3cccs3)c(=O)n2[C@H]1c1ccccc1. The van der Waals surface area contributed by atoms with Gasteiger partial charge in [-0.25, -0.2) is 9.79 Å². The standard InChI is InChI=1S/C20H16N2O3S2/c1-12-16(19(24)25-2)17(13-7-4-3-5-8-13)22-18(23)15(27-20(22)21-12)11-14-9-6-10-26-14/h3-11,17H,1-2H3/b15-11-/t17-/m0/s1. The normalized spacial score (nSPS) is 16.8. The molecule has 3 aromatic rings. The summed E-state index contributed by atoms with van der Waals surface area (Å²) in [5.41, 5.74) is 1.64. The van der Waals surface area contributed by atoms with Gasteiger partial charge in [-0.05, 0) is 30.0 Å². The molecule has 0 amide bonds. The Balaban J connectivity index is 2.00. The predicted octanol–water partition coefficient (Wildman–Crippen LogP) is 2.47. The largest absolute Gasteiger partial charge is 0.466 e. The first-order valence-corrected chi connectivity index (χ1v) is 9.99. The van der Waals surface area contributed by atoms with Crippen molar-refractivity contribution in [3.63, 3.8) is 0 Å². The van der Waals surface area contributed by atoms with Gasteiger partial charge in [0.2, 0.25) is 0 Å². The minimum Gasteiger partial charge on any atom is -0.466 e. The van der Waals surface area contributed by atoms with Crippen molar-refractivity contribution < 1.29 is 9.53 Å². The summed E-state index contributed by atoms with van der Waals surface area (Å²) >= 11 is 2.90. The van der Waals surface area contributed by atoms with Gasteiger partial charge in [0.05, 0.1) is 29.0 Å². The first kappa shape index (κ1) is 17.6. The highest BCUT2D eigenvalue weighted by Crippen LogP contribution is 2.30. The zero-order valence-corrected chi connectivity index (χ0v) is 16.3. The number of allylic oxidation sites excluding steroid dienone is 1. The average Bonchev–Trinajstić information content (AvgIpc) is 3.29. The molecular weight excluding hydrogens is 380 g/mol. The molecule has 0 bridgehead atoms. The van der Waals surface area contributed by atoms with Crippen LogP contribution in [0.3, 0.4) is 0 Å². The Morgan fingerprint density at radius 2 is 2.00 bits per heavy atom. The molecule has 1 aliphatic heterocycles. The Bertz CT molecular complexity index is 1200. The summed E-state index contributed by atoms with van der Waals surface area (Å²) in [4.78, 5) is 31.8. The molecule has 1 aliphatic rings. The summed E-state index contributed by atoms with van der Waals surface area (Å²) in [5, 5.41) is 1.97. The van der Waals surface area contributed by atoms with E-state index in [1.165, 1.54) is 18.4 Å². The van der Waals surface area contributed by atoms with Crippen LogP contribution >= 0.6 is 22.7 Å². The number of ether oxygens (including phenoxy) is 1. The Kier molecular flexibility index (Phi) is 4.63. The number of rotatable bonds is 3. The Labute approximate surface area is 163 Å². The maximum absolute atomic E-state index is 13.2. The van der Waals surface area contributed by atoms with E-state index in [1.54, 1.807) is 22.8 Å². The lowest BCUT2D eigenvalue weighted by molar-refractivity contribution is -0.136. The lowest BCUT2D eigenvalue weighted by Crippen LogP contribution is -2.39. The summed E-state index contributed by atoms with van der Waals surface area (Å²) in [6.45, 7) is 1.78. The van der Waals surface area contributed by atoms with Crippen LogP contribution in [-0.4, -0.2) is 17.6 Å². The van der Waals surface area contributed by atoms with E-state index in [0.717, 1.165) is 10.4 Å². The molecule has 3 heterocycles. The van der Waals surface area contributed by atoms with Gasteiger partial charge in [-0.1, -0.05) is 47.7 Å². The van der Waals surface area contributed by atoms with E-state index in [2.05, 4.69) is 4.99 Å². The quantitative estimate of drug-likeness (QED) is 0.639. The van der Waals surface area contributed by atoms with E-state index in [4.69, 9.17) is 4.74 Å². The van der Waals surface area contributed by atoms with E-state index >= 15 is 0 Å². The number of methoxy groups -OCH3 is 1. The van der Waals surface area contributed by atoms with Crippen LogP contribution in [-0.2, 0) is 9.53 Å². The number of thiophene rings is 1. The molecule has 0 radical (unpaired) electrons. The Hall–Kier alpha value is -2.77. The number of carbonyl (C=O) groups excluding carboxylic acids is 1. The number of esters is 1. The fourth-order valence-electron chi connectivity index (χ4n) is 3.15. The van der Waals surface area contributed by atoms with Crippen LogP contribution in [0.4, 0.5) is 0 Å². The third-order valence-corrected chi connectivity index (χ3v) is 6.16. The molecule has 0 saturated carbocycles. The second-order valence-corrected chi connectivity index (χ2v) is 7.99. The maximum atomic E-state index is 13.2. The number of carbonyl (C=O) groups is 1. The number of thiazole rings is 1. The predicted molar refractivity (Wildman–Crippen MR) is 107 cm³/mol. The van der Waals surface area contributed by atoms with Crippen LogP contribution in [0, 0.1) is 0 Å². The molecule has 0 unspecified atom stereocenters. The average molecular weight is 396 g/mol. The summed E-state index contributed by atoms with van der Waals surface area (Å²) in [6, 6.07) is 12.8. The number of fused-ring (bicyclic) bond motifs is 1. The molecule has 0 saturated heterocycles. The summed E-state index contributed by atoms with van der Waals surface area (Å²) in [5.74, 6) is -0.474. The molecule has 0 aliphatic carbocycles. The smallest absolute Gasteiger partial charge is 0.338 e. The molecule has 2 aromatic heterocycles. The van der Waals surface area contributed by atoms with Crippen LogP contribution in [0.25, 0.3) is 6.08 Å². The highest BCUT2D eigenvalue weighted by Gasteiger charge is 2.32. The van der Waals surface area contributed by atoms with Gasteiger partial charge in [0.25, 0.3) is 5.56 Å². The maximum Gasteiger partial charge on any atom is 0.338 e. The van der Waals surface area contributed by atoms with Crippen molar-refractivity contribution in [2.75, 3.05) is 7.11 Å². The van der Waals surface area contributed by atoms with Gasteiger partial charge < -0.3 is 4.74 Å². The number of benzene rings is 1. The van der Waals surface area contributed by atoms with Crippen LogP contribution in [0.15, 0.2) is 68.9 Å². The van der Waals surface area contributed by atoms with Gasteiger partial charge in [0, 0.05) is 4.88 Å². The number of hydrogen-bond acceptors (Lipinski definition) is 6. The third-order valence-electron chi connectivity index (χ3n) is 4.36. The molecule has 4 rings (SSSR count). The second-order valence-electron chi connectivity index (χ2n) is 6.00. The molecule has 7 heteroatoms. The molecular formula is C20H16N2O3S2. The molecule has 0 fully saturated rings. The fourth-order valence-corrected chi connectivity index (χ4v) is 4.92. The number of hydrogen-bond donors (Lipinski definition) is 0. The first-order valence-electron chi connectivity index (χ1n) is 8.29. The summed E-state index contributed by atoms with van der Waals surface area (Å²) in [7, 11) is 1.34. The van der Waals surface area contributed by atoms with Gasteiger partial charge in [0.15, 0.2) is 4.80 Å². The molecule has 5 nitrogen and oxygen atoms in total. The Morgan fingerprint density at radius 1 is 1.22 bits per heavy atom. The molecule has 0 N–H and O–H groups in total. The van der Waals surface area contributed by atoms with Gasteiger partial charge in [0.1, 0.15) is 0 Å². The highest BCUT2D eigenvalue weighted by molar-refractivity contribution is 7.11. The molecule has 0 spiro atoms. The van der Waals surface area contributed by atoms with Gasteiger partial charge in [-0.2, -0.15) is 0 Å². The van der Waals surface area contributed by atoms with E-state index in [9.17, 15) is 9.59 Å². The monoisotopic (exact) mass is 396 g/mol. The van der Waals surface area contributed by atoms with Crippen molar-refractivity contribution in [1.29, 1.82) is 0 Å². The third kappa shape index (κ3) is 3.09. The molecule has 136 valence electrons. The van der Waals surface area contributed by atoms with Crippen molar-refractivity contribution >= 4 is 34.7 Å². The first-order chi connectivity index (χ1) is 13.1. The lowest BCUT2D eigenvalue weighted by atomic mass is 9.96. The van der Waals surface area contributed by atoms with Crippen LogP contribution in [0.1, 0.15) is 23.4 Å². The van der Waals surface area contributed by atoms with Crippen LogP contribution < -0.4 is 14.9 Å². The van der Waals surface area contributed by atoms with Crippen molar-refractivity contribution in [3.8, 4) is 0 Å². The van der Waals surface area contributed by atoms with Gasteiger partial charge >= 0.3 is 5.97 Å². The topological polar surface area (TPSA) is 60.7 Å². The lowest BCUT2D eigenvalue weighted by Gasteiger charge is -2.24. The van der Waals surface area contributed by atoms with Gasteiger partial charge in [-0.3, -0.25) is 9.36 Å². The summed E-state index contributed by atoms with van der Waals surface area (Å²) < 4.78 is 7.17. The van der Waals surface area contributed by atoms with Crippen LogP contribution in [0.2, 0.25) is 0 Å². The molecule has 1 aromatic carbocycles.